The Morgan fingerprint density at radius 3 is 2.42 bits per heavy atom. The number of hydrazine groups is 1. The maximum atomic E-state index is 12.2. The Hall–Kier alpha value is -2.09. The molecule has 0 saturated heterocycles. The van der Waals surface area contributed by atoms with Crippen LogP contribution < -0.4 is 15.6 Å². The lowest BCUT2D eigenvalue weighted by atomic mass is 9.69. The Morgan fingerprint density at radius 2 is 1.77 bits per heavy atom. The van der Waals surface area contributed by atoms with E-state index >= 15 is 0 Å². The van der Waals surface area contributed by atoms with E-state index in [0.717, 1.165) is 23.7 Å². The van der Waals surface area contributed by atoms with Gasteiger partial charge in [0.1, 0.15) is 5.75 Å². The highest BCUT2D eigenvalue weighted by Gasteiger charge is 2.36. The SMILES string of the molecule is O=C(O)CC1(CC(=O)NNC(=O)COc2cccc(Br)c2)CCCCC1. The van der Waals surface area contributed by atoms with Gasteiger partial charge in [0, 0.05) is 10.9 Å². The van der Waals surface area contributed by atoms with Crippen LogP contribution in [0.15, 0.2) is 28.7 Å². The van der Waals surface area contributed by atoms with Gasteiger partial charge in [-0.15, -0.1) is 0 Å². The summed E-state index contributed by atoms with van der Waals surface area (Å²) in [5, 5.41) is 9.14. The molecule has 0 radical (unpaired) electrons. The summed E-state index contributed by atoms with van der Waals surface area (Å²) < 4.78 is 6.17. The molecular weight excluding hydrogens is 404 g/mol. The molecule has 1 aliphatic carbocycles. The third-order valence-electron chi connectivity index (χ3n) is 4.48. The van der Waals surface area contributed by atoms with Gasteiger partial charge in [-0.2, -0.15) is 0 Å². The molecule has 2 rings (SSSR count). The fourth-order valence-corrected chi connectivity index (χ4v) is 3.68. The normalized spacial score (nSPS) is 15.7. The van der Waals surface area contributed by atoms with Gasteiger partial charge >= 0.3 is 5.97 Å². The number of carbonyl (C=O) groups excluding carboxylic acids is 2. The molecule has 8 heteroatoms. The van der Waals surface area contributed by atoms with Crippen LogP contribution in [0.1, 0.15) is 44.9 Å². The van der Waals surface area contributed by atoms with E-state index < -0.39 is 17.3 Å². The molecule has 142 valence electrons. The van der Waals surface area contributed by atoms with Crippen molar-refractivity contribution < 1.29 is 24.2 Å². The van der Waals surface area contributed by atoms with E-state index in [0.29, 0.717) is 18.6 Å². The monoisotopic (exact) mass is 426 g/mol. The van der Waals surface area contributed by atoms with Crippen LogP contribution in [0.2, 0.25) is 0 Å². The Balaban J connectivity index is 1.77. The molecule has 0 aromatic heterocycles. The first-order valence-corrected chi connectivity index (χ1v) is 9.36. The van der Waals surface area contributed by atoms with E-state index in [1.54, 1.807) is 18.2 Å². The Morgan fingerprint density at radius 1 is 1.08 bits per heavy atom. The van der Waals surface area contributed by atoms with Crippen molar-refractivity contribution in [3.63, 3.8) is 0 Å². The standard InChI is InChI=1S/C18H23BrN2O5/c19-13-5-4-6-14(9-13)26-12-16(23)21-20-15(22)10-18(11-17(24)25)7-2-1-3-8-18/h4-6,9H,1-3,7-8,10-12H2,(H,20,22)(H,21,23)(H,24,25). The van der Waals surface area contributed by atoms with Gasteiger partial charge in [0.15, 0.2) is 6.61 Å². The fourth-order valence-electron chi connectivity index (χ4n) is 3.30. The van der Waals surface area contributed by atoms with E-state index in [2.05, 4.69) is 26.8 Å². The summed E-state index contributed by atoms with van der Waals surface area (Å²) in [5.74, 6) is -1.24. The molecule has 0 bridgehead atoms. The number of carboxylic acid groups (broad SMARTS) is 1. The third kappa shape index (κ3) is 6.67. The molecule has 2 amide bonds. The molecule has 0 atom stereocenters. The average Bonchev–Trinajstić information content (AvgIpc) is 2.58. The number of benzene rings is 1. The Bertz CT molecular complexity index is 659. The lowest BCUT2D eigenvalue weighted by Gasteiger charge is -2.35. The van der Waals surface area contributed by atoms with Crippen molar-refractivity contribution in [1.82, 2.24) is 10.9 Å². The van der Waals surface area contributed by atoms with Crippen LogP contribution in [-0.4, -0.2) is 29.5 Å². The number of rotatable bonds is 7. The molecule has 1 aromatic rings. The molecule has 0 unspecified atom stereocenters. The van der Waals surface area contributed by atoms with Gasteiger partial charge in [0.25, 0.3) is 5.91 Å². The van der Waals surface area contributed by atoms with E-state index in [-0.39, 0.29) is 25.4 Å². The predicted molar refractivity (Wildman–Crippen MR) is 98.3 cm³/mol. The summed E-state index contributed by atoms with van der Waals surface area (Å²) in [6.45, 7) is -0.239. The van der Waals surface area contributed by atoms with E-state index in [9.17, 15) is 14.4 Å². The third-order valence-corrected chi connectivity index (χ3v) is 4.98. The summed E-state index contributed by atoms with van der Waals surface area (Å²) in [6, 6.07) is 7.07. The fraction of sp³-hybridized carbons (Fsp3) is 0.500. The number of ether oxygens (including phenoxy) is 1. The zero-order chi connectivity index (χ0) is 19.0. The molecular formula is C18H23BrN2O5. The second-order valence-electron chi connectivity index (χ2n) is 6.65. The van der Waals surface area contributed by atoms with Gasteiger partial charge in [-0.3, -0.25) is 25.2 Å². The summed E-state index contributed by atoms with van der Waals surface area (Å²) in [6.07, 6.45) is 4.40. The number of carboxylic acids is 1. The molecule has 1 saturated carbocycles. The second kappa shape index (κ2) is 9.56. The second-order valence-corrected chi connectivity index (χ2v) is 7.57. The lowest BCUT2D eigenvalue weighted by molar-refractivity contribution is -0.141. The molecule has 0 heterocycles. The molecule has 1 aliphatic rings. The van der Waals surface area contributed by atoms with Crippen molar-refractivity contribution in [3.8, 4) is 5.75 Å². The van der Waals surface area contributed by atoms with Gasteiger partial charge in [0.05, 0.1) is 6.42 Å². The first kappa shape index (κ1) is 20.2. The number of nitrogens with one attached hydrogen (secondary N) is 2. The van der Waals surface area contributed by atoms with Crippen molar-refractivity contribution >= 4 is 33.7 Å². The highest BCUT2D eigenvalue weighted by molar-refractivity contribution is 9.10. The minimum absolute atomic E-state index is 0.0274. The molecule has 7 nitrogen and oxygen atoms in total. The quantitative estimate of drug-likeness (QED) is 0.581. The van der Waals surface area contributed by atoms with Crippen molar-refractivity contribution in [3.05, 3.63) is 28.7 Å². The summed E-state index contributed by atoms with van der Waals surface area (Å²) in [7, 11) is 0. The van der Waals surface area contributed by atoms with Crippen molar-refractivity contribution in [2.45, 2.75) is 44.9 Å². The zero-order valence-electron chi connectivity index (χ0n) is 14.4. The van der Waals surface area contributed by atoms with Gasteiger partial charge in [0.2, 0.25) is 5.91 Å². The summed E-state index contributed by atoms with van der Waals surface area (Å²) in [5.41, 5.74) is 4.14. The average molecular weight is 427 g/mol. The minimum Gasteiger partial charge on any atom is -0.484 e. The lowest BCUT2D eigenvalue weighted by Crippen LogP contribution is -2.46. The van der Waals surface area contributed by atoms with Crippen molar-refractivity contribution in [2.24, 2.45) is 5.41 Å². The molecule has 1 fully saturated rings. The molecule has 0 spiro atoms. The van der Waals surface area contributed by atoms with Crippen LogP contribution in [0.4, 0.5) is 0 Å². The van der Waals surface area contributed by atoms with Gasteiger partial charge in [-0.25, -0.2) is 0 Å². The molecule has 3 N–H and O–H groups in total. The molecule has 1 aromatic carbocycles. The highest BCUT2D eigenvalue weighted by Crippen LogP contribution is 2.42. The number of hydrogen-bond acceptors (Lipinski definition) is 4. The van der Waals surface area contributed by atoms with Gasteiger partial charge in [-0.1, -0.05) is 41.3 Å². The van der Waals surface area contributed by atoms with Crippen LogP contribution >= 0.6 is 15.9 Å². The zero-order valence-corrected chi connectivity index (χ0v) is 16.0. The van der Waals surface area contributed by atoms with E-state index in [1.165, 1.54) is 0 Å². The Kier molecular flexibility index (Phi) is 7.44. The summed E-state index contributed by atoms with van der Waals surface area (Å²) >= 11 is 3.31. The van der Waals surface area contributed by atoms with Crippen LogP contribution in [0, 0.1) is 5.41 Å². The van der Waals surface area contributed by atoms with Crippen LogP contribution in [0.3, 0.4) is 0 Å². The topological polar surface area (TPSA) is 105 Å². The Labute approximate surface area is 160 Å². The van der Waals surface area contributed by atoms with Gasteiger partial charge < -0.3 is 9.84 Å². The van der Waals surface area contributed by atoms with E-state index in [4.69, 9.17) is 9.84 Å². The molecule has 0 aliphatic heterocycles. The highest BCUT2D eigenvalue weighted by atomic mass is 79.9. The van der Waals surface area contributed by atoms with Crippen molar-refractivity contribution in [1.29, 1.82) is 0 Å². The minimum atomic E-state index is -0.897. The van der Waals surface area contributed by atoms with Crippen molar-refractivity contribution in [2.75, 3.05) is 6.61 Å². The maximum absolute atomic E-state index is 12.2. The number of amides is 2. The van der Waals surface area contributed by atoms with Gasteiger partial charge in [-0.05, 0) is 36.5 Å². The smallest absolute Gasteiger partial charge is 0.303 e. The van der Waals surface area contributed by atoms with Crippen LogP contribution in [0.25, 0.3) is 0 Å². The number of aliphatic carboxylic acids is 1. The maximum Gasteiger partial charge on any atom is 0.303 e. The van der Waals surface area contributed by atoms with Crippen LogP contribution in [-0.2, 0) is 14.4 Å². The first-order chi connectivity index (χ1) is 12.4. The van der Waals surface area contributed by atoms with Crippen LogP contribution in [0.5, 0.6) is 5.75 Å². The van der Waals surface area contributed by atoms with E-state index in [1.807, 2.05) is 6.07 Å². The number of halogens is 1. The molecule has 26 heavy (non-hydrogen) atoms. The largest absolute Gasteiger partial charge is 0.484 e. The number of carbonyl (C=O) groups is 3. The summed E-state index contributed by atoms with van der Waals surface area (Å²) in [4.78, 5) is 35.1. The number of hydrogen-bond donors (Lipinski definition) is 3. The first-order valence-electron chi connectivity index (χ1n) is 8.56. The predicted octanol–water partition coefficient (Wildman–Crippen LogP) is 2.79.